The van der Waals surface area contributed by atoms with Crippen molar-refractivity contribution in [2.45, 2.75) is 37.9 Å². The van der Waals surface area contributed by atoms with Crippen molar-refractivity contribution in [3.05, 3.63) is 107 Å². The van der Waals surface area contributed by atoms with Gasteiger partial charge in [-0.3, -0.25) is 14.7 Å². The lowest BCUT2D eigenvalue weighted by atomic mass is 10.3. The zero-order valence-corrected chi connectivity index (χ0v) is 24.7. The maximum Gasteiger partial charge on any atom is 0.336 e. The molecular formula is C30H48N6O6. The SMILES string of the molecule is C=CCN(CC=C)CC(O)Cn1c(=O)n(CC(O)CN(CC=C)CC=C)c(=O)n(CC(O)CN(CC=C)CC=C)c1=O. The first kappa shape index (κ1) is 36.6. The third-order valence-electron chi connectivity index (χ3n) is 6.30. The van der Waals surface area contributed by atoms with Gasteiger partial charge in [-0.2, -0.15) is 0 Å². The van der Waals surface area contributed by atoms with Gasteiger partial charge in [0.15, 0.2) is 0 Å². The lowest BCUT2D eigenvalue weighted by Gasteiger charge is -2.25. The van der Waals surface area contributed by atoms with E-state index in [4.69, 9.17) is 0 Å². The predicted octanol–water partition coefficient (Wildman–Crippen LogP) is -0.724. The number of aliphatic hydroxyl groups excluding tert-OH is 3. The second-order valence-electron chi connectivity index (χ2n) is 10.0. The fourth-order valence-electron chi connectivity index (χ4n) is 4.62. The molecule has 0 saturated carbocycles. The minimum absolute atomic E-state index is 0.102. The molecule has 1 rings (SSSR count). The van der Waals surface area contributed by atoms with Crippen LogP contribution in [0.1, 0.15) is 0 Å². The van der Waals surface area contributed by atoms with Gasteiger partial charge >= 0.3 is 17.1 Å². The maximum atomic E-state index is 13.4. The van der Waals surface area contributed by atoms with Gasteiger partial charge in [-0.1, -0.05) is 36.5 Å². The molecule has 0 aliphatic heterocycles. The molecule has 0 radical (unpaired) electrons. The zero-order valence-electron chi connectivity index (χ0n) is 24.7. The molecule has 0 amide bonds. The highest BCUT2D eigenvalue weighted by molar-refractivity contribution is 4.87. The lowest BCUT2D eigenvalue weighted by Crippen LogP contribution is -2.58. The van der Waals surface area contributed by atoms with Crippen LogP contribution in [0.2, 0.25) is 0 Å². The van der Waals surface area contributed by atoms with Crippen molar-refractivity contribution in [1.82, 2.24) is 28.4 Å². The van der Waals surface area contributed by atoms with Gasteiger partial charge in [-0.25, -0.2) is 28.1 Å². The number of hydrogen-bond acceptors (Lipinski definition) is 9. The Kier molecular flexibility index (Phi) is 17.2. The Morgan fingerprint density at radius 1 is 0.476 bits per heavy atom. The Morgan fingerprint density at radius 2 is 0.667 bits per heavy atom. The summed E-state index contributed by atoms with van der Waals surface area (Å²) in [6, 6.07) is 0. The fourth-order valence-corrected chi connectivity index (χ4v) is 4.62. The summed E-state index contributed by atoms with van der Waals surface area (Å²) < 4.78 is 2.30. The number of hydrogen-bond donors (Lipinski definition) is 3. The van der Waals surface area contributed by atoms with Gasteiger partial charge in [0.05, 0.1) is 37.9 Å². The summed E-state index contributed by atoms with van der Waals surface area (Å²) in [5.41, 5.74) is -2.90. The molecule has 0 aliphatic carbocycles. The average molecular weight is 589 g/mol. The molecule has 3 unspecified atom stereocenters. The van der Waals surface area contributed by atoms with Crippen molar-refractivity contribution in [2.75, 3.05) is 58.9 Å². The molecule has 0 fully saturated rings. The maximum absolute atomic E-state index is 13.4. The second kappa shape index (κ2) is 19.7. The van der Waals surface area contributed by atoms with E-state index in [1.54, 1.807) is 36.5 Å². The zero-order chi connectivity index (χ0) is 31.7. The minimum Gasteiger partial charge on any atom is -0.390 e. The number of rotatable bonds is 24. The predicted molar refractivity (Wildman–Crippen MR) is 168 cm³/mol. The van der Waals surface area contributed by atoms with Crippen LogP contribution in [0.25, 0.3) is 0 Å². The van der Waals surface area contributed by atoms with Gasteiger partial charge in [0.1, 0.15) is 0 Å². The molecule has 0 bridgehead atoms. The van der Waals surface area contributed by atoms with Gasteiger partial charge in [0, 0.05) is 58.9 Å². The molecule has 1 aromatic rings. The largest absolute Gasteiger partial charge is 0.390 e. The molecule has 3 atom stereocenters. The average Bonchev–Trinajstić information content (AvgIpc) is 2.92. The first-order valence-electron chi connectivity index (χ1n) is 13.9. The summed E-state index contributed by atoms with van der Waals surface area (Å²) in [5, 5.41) is 32.4. The Labute approximate surface area is 248 Å². The first-order valence-corrected chi connectivity index (χ1v) is 13.9. The van der Waals surface area contributed by atoms with E-state index in [1.165, 1.54) is 0 Å². The quantitative estimate of drug-likeness (QED) is 0.134. The Bertz CT molecular complexity index is 1010. The topological polar surface area (TPSA) is 136 Å². The van der Waals surface area contributed by atoms with Crippen LogP contribution in [0.15, 0.2) is 90.3 Å². The van der Waals surface area contributed by atoms with E-state index in [9.17, 15) is 29.7 Å². The Morgan fingerprint density at radius 3 is 0.833 bits per heavy atom. The van der Waals surface area contributed by atoms with Crippen molar-refractivity contribution in [3.8, 4) is 0 Å². The van der Waals surface area contributed by atoms with Gasteiger partial charge in [-0.05, 0) is 0 Å². The number of aromatic nitrogens is 3. The van der Waals surface area contributed by atoms with E-state index in [-0.39, 0.29) is 19.6 Å². The first-order chi connectivity index (χ1) is 20.1. The van der Waals surface area contributed by atoms with Crippen LogP contribution < -0.4 is 17.1 Å². The third kappa shape index (κ3) is 11.8. The monoisotopic (exact) mass is 588 g/mol. The molecule has 1 aromatic heterocycles. The van der Waals surface area contributed by atoms with Crippen LogP contribution in [-0.4, -0.2) is 121 Å². The highest BCUT2D eigenvalue weighted by Gasteiger charge is 2.23. The molecule has 234 valence electrons. The Balaban J connectivity index is 3.51. The number of nitrogens with zero attached hydrogens (tertiary/aromatic N) is 6. The van der Waals surface area contributed by atoms with E-state index < -0.39 is 55.0 Å². The van der Waals surface area contributed by atoms with Crippen molar-refractivity contribution in [2.24, 2.45) is 0 Å². The van der Waals surface area contributed by atoms with E-state index in [0.29, 0.717) is 39.3 Å². The van der Waals surface area contributed by atoms with Crippen molar-refractivity contribution in [3.63, 3.8) is 0 Å². The second-order valence-corrected chi connectivity index (χ2v) is 10.0. The Hall–Kier alpha value is -3.39. The van der Waals surface area contributed by atoms with Crippen molar-refractivity contribution < 1.29 is 15.3 Å². The van der Waals surface area contributed by atoms with Crippen LogP contribution in [0.5, 0.6) is 0 Å². The van der Waals surface area contributed by atoms with Crippen molar-refractivity contribution in [1.29, 1.82) is 0 Å². The normalized spacial score (nSPS) is 13.6. The van der Waals surface area contributed by atoms with Crippen LogP contribution in [0, 0.1) is 0 Å². The van der Waals surface area contributed by atoms with Crippen LogP contribution in [-0.2, 0) is 19.6 Å². The summed E-state index contributed by atoms with van der Waals surface area (Å²) in [7, 11) is 0. The molecule has 3 N–H and O–H groups in total. The smallest absolute Gasteiger partial charge is 0.336 e. The van der Waals surface area contributed by atoms with Crippen molar-refractivity contribution >= 4 is 0 Å². The lowest BCUT2D eigenvalue weighted by molar-refractivity contribution is 0.0897. The van der Waals surface area contributed by atoms with E-state index in [0.717, 1.165) is 13.7 Å². The molecule has 0 saturated heterocycles. The van der Waals surface area contributed by atoms with E-state index >= 15 is 0 Å². The molecule has 0 spiro atoms. The molecular weight excluding hydrogens is 540 g/mol. The summed E-state index contributed by atoms with van der Waals surface area (Å²) in [5.74, 6) is 0. The van der Waals surface area contributed by atoms with Gasteiger partial charge in [0.2, 0.25) is 0 Å². The summed E-state index contributed by atoms with van der Waals surface area (Å²) in [6.45, 7) is 23.9. The van der Waals surface area contributed by atoms with E-state index in [2.05, 4.69) is 39.5 Å². The van der Waals surface area contributed by atoms with Gasteiger partial charge in [-0.15, -0.1) is 39.5 Å². The summed E-state index contributed by atoms with van der Waals surface area (Å²) in [4.78, 5) is 45.8. The fraction of sp³-hybridized carbons (Fsp3) is 0.500. The molecule has 0 aromatic carbocycles. The van der Waals surface area contributed by atoms with Gasteiger partial charge in [0.25, 0.3) is 0 Å². The number of aliphatic hydroxyl groups is 3. The van der Waals surface area contributed by atoms with Crippen LogP contribution >= 0.6 is 0 Å². The third-order valence-corrected chi connectivity index (χ3v) is 6.30. The summed E-state index contributed by atoms with van der Waals surface area (Å²) >= 11 is 0. The molecule has 0 aliphatic rings. The molecule has 12 heteroatoms. The molecule has 1 heterocycles. The molecule has 42 heavy (non-hydrogen) atoms. The highest BCUT2D eigenvalue weighted by Crippen LogP contribution is 1.99. The van der Waals surface area contributed by atoms with Crippen LogP contribution in [0.4, 0.5) is 0 Å². The van der Waals surface area contributed by atoms with Crippen LogP contribution in [0.3, 0.4) is 0 Å². The molecule has 12 nitrogen and oxygen atoms in total. The van der Waals surface area contributed by atoms with E-state index in [1.807, 2.05) is 14.7 Å². The standard InChI is InChI=1S/C30H48N6O6/c1-7-13-31(14-8-2)19-25(37)22-34-28(40)35(23-26(38)20-32(15-9-3)16-10-4)30(42)36(29(34)41)24-27(39)21-33(17-11-5)18-12-6/h7-12,25-27,37-39H,1-6,13-24H2. The highest BCUT2D eigenvalue weighted by atomic mass is 16.3. The van der Waals surface area contributed by atoms with Gasteiger partial charge < -0.3 is 15.3 Å². The minimum atomic E-state index is -1.16. The summed E-state index contributed by atoms with van der Waals surface area (Å²) in [6.07, 6.45) is 6.46.